The van der Waals surface area contributed by atoms with Crippen molar-refractivity contribution in [3.8, 4) is 16.9 Å². The van der Waals surface area contributed by atoms with Gasteiger partial charge in [-0.25, -0.2) is 9.48 Å². The molecular weight excluding hydrogens is 466 g/mol. The molecule has 0 radical (unpaired) electrons. The summed E-state index contributed by atoms with van der Waals surface area (Å²) in [6.07, 6.45) is 10.2. The lowest BCUT2D eigenvalue weighted by Gasteiger charge is -2.22. The summed E-state index contributed by atoms with van der Waals surface area (Å²) in [5.74, 6) is 1.34. The van der Waals surface area contributed by atoms with E-state index in [0.29, 0.717) is 11.7 Å². The molecular formula is C28H33N7O2. The maximum atomic E-state index is 13.4. The second-order valence-corrected chi connectivity index (χ2v) is 9.68. The second kappa shape index (κ2) is 11.0. The minimum absolute atomic E-state index is 0.00968. The molecule has 1 fully saturated rings. The van der Waals surface area contributed by atoms with Crippen LogP contribution in [0.25, 0.3) is 16.9 Å². The van der Waals surface area contributed by atoms with E-state index in [1.165, 1.54) is 5.56 Å². The third kappa shape index (κ3) is 5.41. The number of nitrogens with zero attached hydrogens (tertiary/aromatic N) is 5. The number of carbonyl (C=O) groups is 1. The molecule has 1 aliphatic carbocycles. The number of ether oxygens (including phenoxy) is 1. The van der Waals surface area contributed by atoms with Gasteiger partial charge in [-0.15, -0.1) is 0 Å². The molecule has 2 amide bonds. The number of hydrogen-bond acceptors (Lipinski definition) is 5. The summed E-state index contributed by atoms with van der Waals surface area (Å²) in [7, 11) is 3.61. The Labute approximate surface area is 216 Å². The summed E-state index contributed by atoms with van der Waals surface area (Å²) in [5, 5.41) is 15.5. The van der Waals surface area contributed by atoms with Crippen LogP contribution in [0.4, 0.5) is 10.6 Å². The minimum atomic E-state index is -0.241. The predicted molar refractivity (Wildman–Crippen MR) is 143 cm³/mol. The number of amides is 2. The van der Waals surface area contributed by atoms with Crippen LogP contribution < -0.4 is 10.6 Å². The van der Waals surface area contributed by atoms with Gasteiger partial charge in [-0.1, -0.05) is 18.2 Å². The molecule has 0 bridgehead atoms. The van der Waals surface area contributed by atoms with Crippen molar-refractivity contribution in [2.75, 3.05) is 19.0 Å². The topological polar surface area (TPSA) is 98.9 Å². The molecule has 0 unspecified atom stereocenters. The number of para-hydroxylation sites is 1. The number of methoxy groups -OCH3 is 1. The highest BCUT2D eigenvalue weighted by atomic mass is 16.5. The molecule has 0 aliphatic heterocycles. The van der Waals surface area contributed by atoms with E-state index in [-0.39, 0.29) is 18.0 Å². The zero-order valence-electron chi connectivity index (χ0n) is 21.5. The van der Waals surface area contributed by atoms with Crippen LogP contribution in [0, 0.1) is 12.8 Å². The third-order valence-electron chi connectivity index (χ3n) is 7.17. The van der Waals surface area contributed by atoms with Gasteiger partial charge in [-0.05, 0) is 61.9 Å². The molecule has 192 valence electrons. The Bertz CT molecular complexity index is 1330. The van der Waals surface area contributed by atoms with Crippen molar-refractivity contribution < 1.29 is 9.53 Å². The molecule has 1 saturated carbocycles. The molecule has 0 spiro atoms. The van der Waals surface area contributed by atoms with Gasteiger partial charge in [-0.2, -0.15) is 10.2 Å². The molecule has 2 N–H and O–H groups in total. The molecule has 3 aromatic heterocycles. The summed E-state index contributed by atoms with van der Waals surface area (Å²) in [5.41, 5.74) is 4.62. The molecule has 1 aliphatic rings. The lowest BCUT2D eigenvalue weighted by atomic mass is 9.94. The van der Waals surface area contributed by atoms with Gasteiger partial charge < -0.3 is 10.1 Å². The number of hydrogen-bond donors (Lipinski definition) is 2. The quantitative estimate of drug-likeness (QED) is 0.366. The van der Waals surface area contributed by atoms with E-state index in [2.05, 4.69) is 20.7 Å². The van der Waals surface area contributed by atoms with E-state index >= 15 is 0 Å². The lowest BCUT2D eigenvalue weighted by Crippen LogP contribution is -2.40. The highest BCUT2D eigenvalue weighted by molar-refractivity contribution is 5.91. The van der Waals surface area contributed by atoms with Crippen molar-refractivity contribution in [1.29, 1.82) is 0 Å². The Kier molecular flexibility index (Phi) is 7.32. The summed E-state index contributed by atoms with van der Waals surface area (Å²) in [6, 6.07) is 13.7. The zero-order chi connectivity index (χ0) is 25.8. The van der Waals surface area contributed by atoms with Crippen LogP contribution in [0.15, 0.2) is 67.3 Å². The molecule has 5 rings (SSSR count). The van der Waals surface area contributed by atoms with E-state index in [9.17, 15) is 4.79 Å². The predicted octanol–water partition coefficient (Wildman–Crippen LogP) is 4.70. The van der Waals surface area contributed by atoms with Gasteiger partial charge >= 0.3 is 6.03 Å². The summed E-state index contributed by atoms with van der Waals surface area (Å²) >= 11 is 0. The number of carbonyl (C=O) groups excluding carboxylic acids is 1. The number of rotatable bonds is 8. The summed E-state index contributed by atoms with van der Waals surface area (Å²) in [6.45, 7) is 2.69. The molecule has 4 aromatic rings. The highest BCUT2D eigenvalue weighted by Crippen LogP contribution is 2.40. The fraction of sp³-hybridized carbons (Fsp3) is 0.357. The molecule has 37 heavy (non-hydrogen) atoms. The van der Waals surface area contributed by atoms with Crippen molar-refractivity contribution in [2.24, 2.45) is 13.0 Å². The van der Waals surface area contributed by atoms with Crippen molar-refractivity contribution in [3.63, 3.8) is 0 Å². The number of benzene rings is 1. The van der Waals surface area contributed by atoms with Gasteiger partial charge in [0.1, 0.15) is 11.5 Å². The lowest BCUT2D eigenvalue weighted by molar-refractivity contribution is 0.177. The van der Waals surface area contributed by atoms with Crippen molar-refractivity contribution in [3.05, 3.63) is 78.4 Å². The van der Waals surface area contributed by atoms with E-state index in [1.807, 2.05) is 75.0 Å². The van der Waals surface area contributed by atoms with E-state index in [0.717, 1.165) is 48.4 Å². The van der Waals surface area contributed by atoms with Gasteiger partial charge in [0.25, 0.3) is 0 Å². The van der Waals surface area contributed by atoms with Crippen LogP contribution in [0.3, 0.4) is 0 Å². The number of anilines is 1. The zero-order valence-corrected chi connectivity index (χ0v) is 21.5. The SMILES string of the molecule is COCC[C@@H]1C[C@@H](NC(=O)Nc2c(C)c(-c3cnn(C)c3)nn2-c2ccccc2)[C@H](c2ccncc2)C1. The number of pyridine rings is 1. The first-order valence-electron chi connectivity index (χ1n) is 12.6. The third-order valence-corrected chi connectivity index (χ3v) is 7.17. The van der Waals surface area contributed by atoms with E-state index < -0.39 is 0 Å². The summed E-state index contributed by atoms with van der Waals surface area (Å²) < 4.78 is 8.85. The van der Waals surface area contributed by atoms with E-state index in [4.69, 9.17) is 9.84 Å². The Morgan fingerprint density at radius 3 is 2.62 bits per heavy atom. The first-order valence-corrected chi connectivity index (χ1v) is 12.6. The minimum Gasteiger partial charge on any atom is -0.385 e. The average molecular weight is 500 g/mol. The Morgan fingerprint density at radius 1 is 1.14 bits per heavy atom. The fourth-order valence-electron chi connectivity index (χ4n) is 5.33. The van der Waals surface area contributed by atoms with Crippen LogP contribution >= 0.6 is 0 Å². The largest absolute Gasteiger partial charge is 0.385 e. The molecule has 3 heterocycles. The fourth-order valence-corrected chi connectivity index (χ4v) is 5.33. The van der Waals surface area contributed by atoms with Crippen molar-refractivity contribution in [2.45, 2.75) is 38.1 Å². The molecule has 9 heteroatoms. The van der Waals surface area contributed by atoms with E-state index in [1.54, 1.807) is 22.7 Å². The average Bonchev–Trinajstić information content (AvgIpc) is 3.61. The Hall–Kier alpha value is -3.98. The van der Waals surface area contributed by atoms with Gasteiger partial charge in [0.15, 0.2) is 0 Å². The number of nitrogens with one attached hydrogen (secondary N) is 2. The first kappa shape index (κ1) is 24.7. The van der Waals surface area contributed by atoms with Crippen LogP contribution in [0.2, 0.25) is 0 Å². The maximum Gasteiger partial charge on any atom is 0.320 e. The number of urea groups is 1. The molecule has 0 saturated heterocycles. The number of aromatic nitrogens is 5. The van der Waals surface area contributed by atoms with Gasteiger partial charge in [-0.3, -0.25) is 15.0 Å². The maximum absolute atomic E-state index is 13.4. The van der Waals surface area contributed by atoms with Crippen LogP contribution in [-0.2, 0) is 11.8 Å². The van der Waals surface area contributed by atoms with Crippen molar-refractivity contribution in [1.82, 2.24) is 29.9 Å². The van der Waals surface area contributed by atoms with Crippen LogP contribution in [0.5, 0.6) is 0 Å². The molecule has 1 aromatic carbocycles. The smallest absolute Gasteiger partial charge is 0.320 e. The van der Waals surface area contributed by atoms with Gasteiger partial charge in [0, 0.05) is 62.4 Å². The van der Waals surface area contributed by atoms with Crippen LogP contribution in [0.1, 0.15) is 36.3 Å². The highest BCUT2D eigenvalue weighted by Gasteiger charge is 2.36. The number of aryl methyl sites for hydroxylation is 1. The normalized spacial score (nSPS) is 19.2. The van der Waals surface area contributed by atoms with Gasteiger partial charge in [0.05, 0.1) is 11.9 Å². The van der Waals surface area contributed by atoms with Gasteiger partial charge in [0.2, 0.25) is 0 Å². The van der Waals surface area contributed by atoms with Crippen LogP contribution in [-0.4, -0.2) is 50.3 Å². The standard InChI is InChI=1S/C28H33N7O2/c1-19-26(22-17-30-34(2)18-22)33-35(23-7-5-4-6-8-23)27(19)32-28(36)31-25-16-20(11-14-37-3)15-24(25)21-9-12-29-13-10-21/h4-10,12-13,17-18,20,24-25H,11,14-16H2,1-3H3,(H2,31,32,36)/t20-,24-,25+/m0/s1. The summed E-state index contributed by atoms with van der Waals surface area (Å²) in [4.78, 5) is 17.6. The Balaban J connectivity index is 1.41. The first-order chi connectivity index (χ1) is 18.0. The second-order valence-electron chi connectivity index (χ2n) is 9.68. The molecule has 9 nitrogen and oxygen atoms in total. The monoisotopic (exact) mass is 499 g/mol. The molecule has 3 atom stereocenters. The Morgan fingerprint density at radius 2 is 1.92 bits per heavy atom. The van der Waals surface area contributed by atoms with Crippen molar-refractivity contribution >= 4 is 11.8 Å².